The topological polar surface area (TPSA) is 66.6 Å². The summed E-state index contributed by atoms with van der Waals surface area (Å²) in [4.78, 5) is 14.8. The zero-order chi connectivity index (χ0) is 15.8. The largest absolute Gasteiger partial charge is 0.395 e. The molecule has 4 nitrogen and oxygen atoms in total. The summed E-state index contributed by atoms with van der Waals surface area (Å²) in [5.74, 6) is -0.759. The minimum Gasteiger partial charge on any atom is -0.395 e. The van der Waals surface area contributed by atoms with Gasteiger partial charge < -0.3 is 15.7 Å². The fourth-order valence-electron chi connectivity index (χ4n) is 2.55. The van der Waals surface area contributed by atoms with Crippen molar-refractivity contribution in [3.63, 3.8) is 0 Å². The molecular weight excluding hydrogens is 284 g/mol. The first kappa shape index (κ1) is 17.6. The van der Waals surface area contributed by atoms with Gasteiger partial charge in [0.25, 0.3) is 0 Å². The van der Waals surface area contributed by atoms with Crippen LogP contribution in [0.4, 0.5) is 0 Å². The van der Waals surface area contributed by atoms with Crippen molar-refractivity contribution in [3.05, 3.63) is 35.9 Å². The van der Waals surface area contributed by atoms with Crippen LogP contribution in [-0.2, 0) is 4.79 Å². The van der Waals surface area contributed by atoms with E-state index in [9.17, 15) is 9.90 Å². The number of thiocarbonyl (C=S) groups is 1. The Morgan fingerprint density at radius 3 is 2.29 bits per heavy atom. The number of nitrogens with two attached hydrogens (primary N) is 1. The van der Waals surface area contributed by atoms with Crippen LogP contribution >= 0.6 is 12.2 Å². The Morgan fingerprint density at radius 2 is 1.86 bits per heavy atom. The summed E-state index contributed by atoms with van der Waals surface area (Å²) in [7, 11) is 0. The number of benzene rings is 1. The average molecular weight is 308 g/mol. The molecule has 0 aliphatic rings. The summed E-state index contributed by atoms with van der Waals surface area (Å²) in [5, 5.41) is 9.26. The van der Waals surface area contributed by atoms with E-state index in [2.05, 4.69) is 0 Å². The van der Waals surface area contributed by atoms with Crippen molar-refractivity contribution < 1.29 is 9.90 Å². The maximum Gasteiger partial charge on any atom is 0.237 e. The van der Waals surface area contributed by atoms with E-state index in [0.29, 0.717) is 6.54 Å². The van der Waals surface area contributed by atoms with E-state index in [1.165, 1.54) is 0 Å². The highest BCUT2D eigenvalue weighted by atomic mass is 32.1. The Kier molecular flexibility index (Phi) is 7.32. The number of rotatable bonds is 8. The van der Waals surface area contributed by atoms with Gasteiger partial charge in [0.1, 0.15) is 5.92 Å². The summed E-state index contributed by atoms with van der Waals surface area (Å²) in [5.41, 5.74) is 6.60. The first-order valence-corrected chi connectivity index (χ1v) is 7.73. The van der Waals surface area contributed by atoms with Crippen LogP contribution in [0.15, 0.2) is 30.3 Å². The maximum absolute atomic E-state index is 12.9. The van der Waals surface area contributed by atoms with Crippen molar-refractivity contribution in [2.75, 3.05) is 13.2 Å². The third-order valence-corrected chi connectivity index (χ3v) is 3.91. The Morgan fingerprint density at radius 1 is 1.29 bits per heavy atom. The van der Waals surface area contributed by atoms with Gasteiger partial charge in [-0.15, -0.1) is 0 Å². The normalized spacial score (nSPS) is 12.2. The van der Waals surface area contributed by atoms with Crippen molar-refractivity contribution in [2.24, 2.45) is 5.73 Å². The molecule has 1 aromatic rings. The average Bonchev–Trinajstić information content (AvgIpc) is 2.48. The molecule has 0 radical (unpaired) electrons. The molecule has 1 amide bonds. The minimum absolute atomic E-state index is 0.0684. The number of amides is 1. The predicted octanol–water partition coefficient (Wildman–Crippen LogP) is 2.07. The van der Waals surface area contributed by atoms with Crippen LogP contribution in [0.5, 0.6) is 0 Å². The molecule has 5 heteroatoms. The summed E-state index contributed by atoms with van der Waals surface area (Å²) in [6.45, 7) is 4.30. The lowest BCUT2D eigenvalue weighted by Gasteiger charge is -2.33. The molecule has 1 aromatic carbocycles. The van der Waals surface area contributed by atoms with Gasteiger partial charge in [-0.25, -0.2) is 0 Å². The lowest BCUT2D eigenvalue weighted by atomic mass is 9.96. The van der Waals surface area contributed by atoms with Crippen LogP contribution in [0.3, 0.4) is 0 Å². The highest BCUT2D eigenvalue weighted by Gasteiger charge is 2.30. The van der Waals surface area contributed by atoms with Crippen molar-refractivity contribution in [3.8, 4) is 0 Å². The van der Waals surface area contributed by atoms with Crippen LogP contribution in [-0.4, -0.2) is 40.1 Å². The fourth-order valence-corrected chi connectivity index (χ4v) is 2.79. The van der Waals surface area contributed by atoms with Gasteiger partial charge in [-0.3, -0.25) is 4.79 Å². The number of hydrogen-bond donors (Lipinski definition) is 2. The number of nitrogens with zero attached hydrogens (tertiary/aromatic N) is 1. The van der Waals surface area contributed by atoms with Crippen LogP contribution in [0.25, 0.3) is 0 Å². The third kappa shape index (κ3) is 4.51. The van der Waals surface area contributed by atoms with E-state index < -0.39 is 5.92 Å². The van der Waals surface area contributed by atoms with E-state index in [1.807, 2.05) is 44.2 Å². The number of carbonyl (C=O) groups is 1. The molecule has 1 rings (SSSR count). The van der Waals surface area contributed by atoms with Gasteiger partial charge in [-0.2, -0.15) is 0 Å². The first-order valence-electron chi connectivity index (χ1n) is 7.32. The van der Waals surface area contributed by atoms with Crippen LogP contribution in [0, 0.1) is 0 Å². The van der Waals surface area contributed by atoms with E-state index >= 15 is 0 Å². The molecule has 0 spiro atoms. The van der Waals surface area contributed by atoms with Crippen molar-refractivity contribution in [2.45, 2.75) is 38.6 Å². The summed E-state index contributed by atoms with van der Waals surface area (Å²) < 4.78 is 0. The molecule has 0 saturated carbocycles. The molecule has 0 aliphatic carbocycles. The van der Waals surface area contributed by atoms with Gasteiger partial charge in [0.05, 0.1) is 11.6 Å². The Hall–Kier alpha value is -1.46. The van der Waals surface area contributed by atoms with Gasteiger partial charge >= 0.3 is 0 Å². The monoisotopic (exact) mass is 308 g/mol. The lowest BCUT2D eigenvalue weighted by Crippen LogP contribution is -2.46. The first-order chi connectivity index (χ1) is 10.1. The van der Waals surface area contributed by atoms with Crippen LogP contribution < -0.4 is 5.73 Å². The molecule has 0 bridgehead atoms. The predicted molar refractivity (Wildman–Crippen MR) is 89.1 cm³/mol. The molecule has 116 valence electrons. The Labute approximate surface area is 131 Å². The fraction of sp³-hybridized carbons (Fsp3) is 0.500. The molecule has 1 atom stereocenters. The van der Waals surface area contributed by atoms with E-state index in [-0.39, 0.29) is 23.5 Å². The van der Waals surface area contributed by atoms with Crippen molar-refractivity contribution >= 4 is 23.1 Å². The lowest BCUT2D eigenvalue weighted by molar-refractivity contribution is -0.134. The van der Waals surface area contributed by atoms with Crippen molar-refractivity contribution in [1.82, 2.24) is 4.90 Å². The zero-order valence-electron chi connectivity index (χ0n) is 12.7. The highest BCUT2D eigenvalue weighted by molar-refractivity contribution is 7.80. The summed E-state index contributed by atoms with van der Waals surface area (Å²) >= 11 is 5.11. The molecule has 0 aromatic heterocycles. The molecular formula is C16H24N2O2S. The second-order valence-corrected chi connectivity index (χ2v) is 5.44. The molecule has 0 aliphatic heterocycles. The quantitative estimate of drug-likeness (QED) is 0.722. The van der Waals surface area contributed by atoms with Crippen LogP contribution in [0.1, 0.15) is 38.2 Å². The third-order valence-electron chi connectivity index (χ3n) is 3.67. The minimum atomic E-state index is -0.631. The van der Waals surface area contributed by atoms with E-state index in [1.54, 1.807) is 4.90 Å². The SMILES string of the molecule is CCC(CC)N(CCO)C(=O)C(C(N)=S)c1ccccc1. The highest BCUT2D eigenvalue weighted by Crippen LogP contribution is 2.22. The number of aliphatic hydroxyl groups excluding tert-OH is 1. The van der Waals surface area contributed by atoms with Gasteiger partial charge in [-0.1, -0.05) is 56.4 Å². The zero-order valence-corrected chi connectivity index (χ0v) is 13.5. The van der Waals surface area contributed by atoms with Crippen molar-refractivity contribution in [1.29, 1.82) is 0 Å². The van der Waals surface area contributed by atoms with Gasteiger partial charge in [-0.05, 0) is 18.4 Å². The molecule has 3 N–H and O–H groups in total. The molecule has 1 unspecified atom stereocenters. The maximum atomic E-state index is 12.9. The summed E-state index contributed by atoms with van der Waals surface area (Å²) in [6, 6.07) is 9.40. The van der Waals surface area contributed by atoms with E-state index in [0.717, 1.165) is 18.4 Å². The molecule has 0 heterocycles. The van der Waals surface area contributed by atoms with Gasteiger partial charge in [0.2, 0.25) is 5.91 Å². The number of carbonyl (C=O) groups excluding carboxylic acids is 1. The Bertz CT molecular complexity index is 461. The van der Waals surface area contributed by atoms with E-state index in [4.69, 9.17) is 18.0 Å². The second kappa shape index (κ2) is 8.74. The summed E-state index contributed by atoms with van der Waals surface area (Å²) in [6.07, 6.45) is 1.67. The number of aliphatic hydroxyl groups is 1. The van der Waals surface area contributed by atoms with Gasteiger partial charge in [0.15, 0.2) is 0 Å². The molecule has 0 saturated heterocycles. The number of hydrogen-bond acceptors (Lipinski definition) is 3. The Balaban J connectivity index is 3.10. The standard InChI is InChI=1S/C16H24N2O2S/c1-3-13(4-2)18(10-11-19)16(20)14(15(17)21)12-8-6-5-7-9-12/h5-9,13-14,19H,3-4,10-11H2,1-2H3,(H2,17,21). The van der Waals surface area contributed by atoms with Gasteiger partial charge in [0, 0.05) is 12.6 Å². The molecule has 0 fully saturated rings. The smallest absolute Gasteiger partial charge is 0.237 e. The molecule has 21 heavy (non-hydrogen) atoms. The second-order valence-electron chi connectivity index (χ2n) is 4.97. The van der Waals surface area contributed by atoms with Crippen LogP contribution in [0.2, 0.25) is 0 Å².